The minimum absolute atomic E-state index is 0. The van der Waals surface area contributed by atoms with Crippen molar-refractivity contribution >= 4 is 44.0 Å². The van der Waals surface area contributed by atoms with E-state index in [4.69, 9.17) is 101 Å². The van der Waals surface area contributed by atoms with Crippen LogP contribution in [0, 0.1) is 0 Å². The second-order valence-corrected chi connectivity index (χ2v) is 29.0. The average Bonchev–Trinajstić information content (AvgIpc) is 4.33. The highest BCUT2D eigenvalue weighted by molar-refractivity contribution is 6.62. The van der Waals surface area contributed by atoms with Crippen molar-refractivity contribution in [2.75, 3.05) is 166 Å². The Bertz CT molecular complexity index is 960. The van der Waals surface area contributed by atoms with Crippen LogP contribution in [-0.4, -0.2) is 240 Å². The van der Waals surface area contributed by atoms with Crippen LogP contribution in [-0.2, 0) is 90.1 Å². The molecule has 3 unspecified atom stereocenters. The molecule has 410 valence electrons. The van der Waals surface area contributed by atoms with Crippen molar-refractivity contribution in [2.45, 2.75) is 88.6 Å². The molecular weight excluding hydrogens is 977 g/mol. The van der Waals surface area contributed by atoms with Crippen molar-refractivity contribution in [1.29, 1.82) is 0 Å². The zero-order valence-corrected chi connectivity index (χ0v) is 48.1. The molecule has 29 heteroatoms. The lowest BCUT2D eigenvalue weighted by Crippen LogP contribution is -2.43. The number of nitrogens with one attached hydrogen (secondary N) is 1. The van der Waals surface area contributed by atoms with E-state index in [1.165, 1.54) is 0 Å². The summed E-state index contributed by atoms with van der Waals surface area (Å²) in [6, 6.07) is 3.66. The first kappa shape index (κ1) is 73.7. The van der Waals surface area contributed by atoms with Gasteiger partial charge in [-0.1, -0.05) is 7.43 Å². The quantitative estimate of drug-likeness (QED) is 0.0297. The predicted octanol–water partition coefficient (Wildman–Crippen LogP) is 2.16. The lowest BCUT2D eigenvalue weighted by atomic mass is 10.4. The highest BCUT2D eigenvalue weighted by atomic mass is 28.4. The molecule has 0 amide bonds. The molecule has 3 atom stereocenters. The van der Waals surface area contributed by atoms with Crippen LogP contribution in [0.5, 0.6) is 0 Å². The summed E-state index contributed by atoms with van der Waals surface area (Å²) in [5.41, 5.74) is 5.36. The summed E-state index contributed by atoms with van der Waals surface area (Å²) in [5, 5.41) is 20.0. The Hall–Kier alpha value is 0.124. The summed E-state index contributed by atoms with van der Waals surface area (Å²) in [5.74, 6) is 0. The number of aliphatic hydroxyl groups is 2. The number of aliphatic hydroxyl groups excluding tert-OH is 2. The van der Waals surface area contributed by atoms with Crippen LogP contribution in [0.2, 0.25) is 30.2 Å². The molecule has 67 heavy (non-hydrogen) atoms. The van der Waals surface area contributed by atoms with Gasteiger partial charge in [0.2, 0.25) is 0 Å². The third-order valence-electron chi connectivity index (χ3n) is 9.91. The van der Waals surface area contributed by atoms with E-state index in [2.05, 4.69) is 5.32 Å². The molecule has 0 bridgehead atoms. The van der Waals surface area contributed by atoms with Crippen molar-refractivity contribution in [2.24, 2.45) is 5.73 Å². The molecular formula is C38H96N2O22Si5. The van der Waals surface area contributed by atoms with E-state index in [0.717, 1.165) is 64.1 Å². The minimum atomic E-state index is -2.56. The molecule has 0 aromatic heterocycles. The Labute approximate surface area is 409 Å². The van der Waals surface area contributed by atoms with Crippen LogP contribution >= 0.6 is 0 Å². The molecule has 0 saturated carbocycles. The summed E-state index contributed by atoms with van der Waals surface area (Å²) in [6.07, 6.45) is 3.29. The summed E-state index contributed by atoms with van der Waals surface area (Å²) in [4.78, 5) is 0. The summed E-state index contributed by atoms with van der Waals surface area (Å²) < 4.78 is 105. The second-order valence-electron chi connectivity index (χ2n) is 13.6. The molecule has 0 aromatic carbocycles. The summed E-state index contributed by atoms with van der Waals surface area (Å²) >= 11 is 0. The van der Waals surface area contributed by atoms with E-state index < -0.39 is 50.3 Å². The van der Waals surface area contributed by atoms with Crippen molar-refractivity contribution < 1.29 is 100 Å². The summed E-state index contributed by atoms with van der Waals surface area (Å²) in [6.45, 7) is 4.88. The number of hydrogen-bond acceptors (Lipinski definition) is 24. The second kappa shape index (κ2) is 45.9. The maximum absolute atomic E-state index is 9.82. The van der Waals surface area contributed by atoms with Gasteiger partial charge in [0.25, 0.3) is 0 Å². The van der Waals surface area contributed by atoms with E-state index in [1.807, 2.05) is 0 Å². The van der Waals surface area contributed by atoms with Crippen molar-refractivity contribution in [1.82, 2.24) is 5.32 Å². The van der Waals surface area contributed by atoms with Crippen LogP contribution in [0.15, 0.2) is 0 Å². The Balaban J connectivity index is -0.000000408. The van der Waals surface area contributed by atoms with Crippen molar-refractivity contribution in [3.8, 4) is 0 Å². The van der Waals surface area contributed by atoms with Crippen LogP contribution in [0.1, 0.15) is 39.5 Å². The molecule has 5 N–H and O–H groups in total. The molecule has 2 aliphatic heterocycles. The fourth-order valence-electron chi connectivity index (χ4n) is 5.60. The van der Waals surface area contributed by atoms with Gasteiger partial charge in [-0.25, -0.2) is 0 Å². The summed E-state index contributed by atoms with van der Waals surface area (Å²) in [7, 11) is 12.9. The van der Waals surface area contributed by atoms with Gasteiger partial charge in [0.1, 0.15) is 13.2 Å². The van der Waals surface area contributed by atoms with Crippen LogP contribution in [0.4, 0.5) is 0 Å². The monoisotopic (exact) mass is 1070 g/mol. The van der Waals surface area contributed by atoms with Gasteiger partial charge in [-0.15, -0.1) is 0 Å². The molecule has 0 radical (unpaired) electrons. The normalized spacial score (nSPS) is 16.2. The highest BCUT2D eigenvalue weighted by Gasteiger charge is 2.40. The molecule has 0 aromatic rings. The molecule has 0 spiro atoms. The van der Waals surface area contributed by atoms with Crippen LogP contribution in [0.3, 0.4) is 0 Å². The van der Waals surface area contributed by atoms with Crippen LogP contribution < -0.4 is 11.1 Å². The average molecular weight is 1070 g/mol. The fraction of sp³-hybridized carbons (Fsp3) is 1.00. The number of nitrogens with two attached hydrogens (primary N) is 1. The topological polar surface area (TPSA) is 270 Å². The van der Waals surface area contributed by atoms with Gasteiger partial charge in [0.15, 0.2) is 18.9 Å². The largest absolute Gasteiger partial charge is 0.500 e. The molecule has 2 saturated heterocycles. The smallest absolute Gasteiger partial charge is 0.400 e. The Morgan fingerprint density at radius 1 is 0.463 bits per heavy atom. The molecule has 2 aliphatic rings. The Morgan fingerprint density at radius 3 is 0.970 bits per heavy atom. The first-order valence-corrected chi connectivity index (χ1v) is 31.3. The SMILES string of the molecule is C.CO.CO[Si](CCCN)(OC)OC.CO[Si](CCCNCC(O)OCCC[Si](OC)(OC)OC)(OC)OC.CO[Si](CCCOC1CO1)(OC)OC.CO[Si](CCCOC1CO1)(OC)OC. The first-order chi connectivity index (χ1) is 31.7. The van der Waals surface area contributed by atoms with Crippen molar-refractivity contribution in [3.63, 3.8) is 0 Å². The lowest BCUT2D eigenvalue weighted by molar-refractivity contribution is -0.0961. The fourth-order valence-corrected chi connectivity index (χ4v) is 14.1. The van der Waals surface area contributed by atoms with Gasteiger partial charge in [0.05, 0.1) is 0 Å². The predicted molar refractivity (Wildman–Crippen MR) is 261 cm³/mol. The van der Waals surface area contributed by atoms with Gasteiger partial charge < -0.3 is 111 Å². The highest BCUT2D eigenvalue weighted by Crippen LogP contribution is 2.19. The maximum Gasteiger partial charge on any atom is 0.500 e. The molecule has 2 rings (SSSR count). The third kappa shape index (κ3) is 34.2. The minimum Gasteiger partial charge on any atom is -0.400 e. The molecule has 2 heterocycles. The van der Waals surface area contributed by atoms with Gasteiger partial charge in [-0.3, -0.25) is 0 Å². The Morgan fingerprint density at radius 2 is 0.716 bits per heavy atom. The van der Waals surface area contributed by atoms with Gasteiger partial charge >= 0.3 is 44.0 Å². The zero-order valence-electron chi connectivity index (χ0n) is 43.1. The number of epoxide rings is 2. The zero-order chi connectivity index (χ0) is 50.8. The van der Waals surface area contributed by atoms with E-state index in [-0.39, 0.29) is 20.0 Å². The molecule has 2 fully saturated rings. The van der Waals surface area contributed by atoms with Gasteiger partial charge in [-0.05, 0) is 45.2 Å². The number of hydrogen-bond donors (Lipinski definition) is 4. The maximum atomic E-state index is 9.82. The van der Waals surface area contributed by atoms with E-state index in [1.54, 1.807) is 107 Å². The van der Waals surface area contributed by atoms with Crippen molar-refractivity contribution in [3.05, 3.63) is 0 Å². The number of rotatable bonds is 39. The third-order valence-corrected chi connectivity index (χ3v) is 24.1. The lowest BCUT2D eigenvalue weighted by Gasteiger charge is -2.24. The number of ether oxygens (including phenoxy) is 5. The van der Waals surface area contributed by atoms with Gasteiger partial charge in [-0.2, -0.15) is 0 Å². The standard InChI is InChI=1S/C14H35NO8Si2.2C8H18O5Si.C6H17NO3Si.CH4O.CH4/c1-17-24(18-2,19-3)11-7-9-15-13-14(16)23-10-8-12-25(20-4,21-5)22-6;2*1-9-14(10-2,11-3)6-4-5-12-8-7-13-8;1-8-11(9-2,10-3)6-4-5-7;1-2;/h14-16H,7-13H2,1-6H3;2*8H,4-7H2,1-3H3;4-7H2,1-3H3;2H,1H3;1H4. The molecule has 0 aliphatic carbocycles. The van der Waals surface area contributed by atoms with Crippen LogP contribution in [0.25, 0.3) is 0 Å². The molecule has 24 nitrogen and oxygen atoms in total. The van der Waals surface area contributed by atoms with Gasteiger partial charge in [0, 0.05) is 170 Å². The Kier molecular flexibility index (Phi) is 50.5. The van der Waals surface area contributed by atoms with E-state index >= 15 is 0 Å². The van der Waals surface area contributed by atoms with E-state index in [0.29, 0.717) is 58.0 Å². The first-order valence-electron chi connectivity index (χ1n) is 21.6. The van der Waals surface area contributed by atoms with E-state index in [9.17, 15) is 5.11 Å².